The van der Waals surface area contributed by atoms with Crippen LogP contribution < -0.4 is 19.3 Å². The molecule has 1 atom stereocenters. The van der Waals surface area contributed by atoms with E-state index in [9.17, 15) is 9.90 Å². The van der Waals surface area contributed by atoms with Crippen LogP contribution in [-0.4, -0.2) is 79.6 Å². The summed E-state index contributed by atoms with van der Waals surface area (Å²) in [4.78, 5) is 29.0. The summed E-state index contributed by atoms with van der Waals surface area (Å²) in [6.07, 6.45) is -0.556. The zero-order valence-electron chi connectivity index (χ0n) is 22.0. The molecule has 0 radical (unpaired) electrons. The average Bonchev–Trinajstić information content (AvgIpc) is 2.89. The third kappa shape index (κ3) is 8.04. The Hall–Kier alpha value is -3.92. The van der Waals surface area contributed by atoms with Gasteiger partial charge in [0.25, 0.3) is 0 Å². The Bertz CT molecular complexity index is 1160. The van der Waals surface area contributed by atoms with Crippen molar-refractivity contribution >= 4 is 17.9 Å². The van der Waals surface area contributed by atoms with Crippen molar-refractivity contribution in [1.29, 1.82) is 0 Å². The minimum absolute atomic E-state index is 0.301. The summed E-state index contributed by atoms with van der Waals surface area (Å²) in [6.45, 7) is 5.61. The molecule has 0 aliphatic heterocycles. The zero-order chi connectivity index (χ0) is 26.8. The Morgan fingerprint density at radius 2 is 1.65 bits per heavy atom. The van der Waals surface area contributed by atoms with Crippen molar-refractivity contribution in [1.82, 2.24) is 15.0 Å². The maximum absolute atomic E-state index is 11.3. The van der Waals surface area contributed by atoms with Gasteiger partial charge in [0.15, 0.2) is 11.9 Å². The lowest BCUT2D eigenvalue weighted by Crippen LogP contribution is -2.27. The van der Waals surface area contributed by atoms with Gasteiger partial charge in [-0.25, -0.2) is 4.79 Å². The van der Waals surface area contributed by atoms with Crippen LogP contribution in [0.25, 0.3) is 11.4 Å². The first-order valence-electron chi connectivity index (χ1n) is 12.2. The Labute approximate surface area is 217 Å². The van der Waals surface area contributed by atoms with E-state index in [1.54, 1.807) is 6.92 Å². The molecule has 2 aromatic carbocycles. The fraction of sp³-hybridized carbons (Fsp3) is 0.407. The van der Waals surface area contributed by atoms with E-state index in [0.717, 1.165) is 16.9 Å². The molecular weight excluding hydrogens is 474 g/mol. The molecule has 1 N–H and O–H groups in total. The number of likely N-dealkylation sites (N-methyl/N-ethyl adjacent to an activating group) is 1. The molecule has 0 saturated heterocycles. The smallest absolute Gasteiger partial charge is 0.333 e. The number of carboxylic acid groups (broad SMARTS) is 1. The molecule has 0 spiro atoms. The number of carbonyl (C=O) groups is 1. The van der Waals surface area contributed by atoms with E-state index >= 15 is 0 Å². The van der Waals surface area contributed by atoms with E-state index in [1.807, 2.05) is 86.4 Å². The fourth-order valence-electron chi connectivity index (χ4n) is 3.50. The van der Waals surface area contributed by atoms with Crippen molar-refractivity contribution in [2.75, 3.05) is 57.3 Å². The number of rotatable bonds is 14. The number of aromatic nitrogens is 3. The van der Waals surface area contributed by atoms with Crippen molar-refractivity contribution in [3.63, 3.8) is 0 Å². The van der Waals surface area contributed by atoms with Gasteiger partial charge in [-0.2, -0.15) is 15.0 Å². The lowest BCUT2D eigenvalue weighted by molar-refractivity contribution is -0.149. The highest BCUT2D eigenvalue weighted by Gasteiger charge is 2.18. The van der Waals surface area contributed by atoms with Gasteiger partial charge in [0, 0.05) is 39.7 Å². The lowest BCUT2D eigenvalue weighted by Gasteiger charge is -2.20. The largest absolute Gasteiger partial charge is 0.494 e. The van der Waals surface area contributed by atoms with Gasteiger partial charge in [-0.05, 0) is 43.7 Å². The van der Waals surface area contributed by atoms with Crippen LogP contribution >= 0.6 is 0 Å². The Kier molecular flexibility index (Phi) is 10.0. The van der Waals surface area contributed by atoms with Crippen LogP contribution in [0.1, 0.15) is 19.4 Å². The summed E-state index contributed by atoms with van der Waals surface area (Å²) >= 11 is 0. The summed E-state index contributed by atoms with van der Waals surface area (Å²) in [5, 5.41) is 9.27. The normalized spacial score (nSPS) is 11.6. The van der Waals surface area contributed by atoms with Crippen LogP contribution in [-0.2, 0) is 16.0 Å². The van der Waals surface area contributed by atoms with Crippen molar-refractivity contribution in [3.05, 3.63) is 54.1 Å². The van der Waals surface area contributed by atoms with Gasteiger partial charge in [-0.1, -0.05) is 24.3 Å². The molecule has 1 unspecified atom stereocenters. The number of aliphatic carboxylic acids is 1. The van der Waals surface area contributed by atoms with Gasteiger partial charge in [0.05, 0.1) is 13.2 Å². The molecule has 3 aromatic rings. The third-order valence-electron chi connectivity index (χ3n) is 5.44. The van der Waals surface area contributed by atoms with Crippen LogP contribution in [0, 0.1) is 0 Å². The van der Waals surface area contributed by atoms with Gasteiger partial charge in [0.1, 0.15) is 18.1 Å². The Morgan fingerprint density at radius 1 is 0.919 bits per heavy atom. The number of nitrogens with zero attached hydrogens (tertiary/aromatic N) is 5. The van der Waals surface area contributed by atoms with Crippen LogP contribution in [0.15, 0.2) is 48.5 Å². The van der Waals surface area contributed by atoms with Crippen molar-refractivity contribution in [2.45, 2.75) is 26.4 Å². The summed E-state index contributed by atoms with van der Waals surface area (Å²) < 4.78 is 16.8. The van der Waals surface area contributed by atoms with Gasteiger partial charge < -0.3 is 29.1 Å². The van der Waals surface area contributed by atoms with E-state index in [0.29, 0.717) is 56.3 Å². The Morgan fingerprint density at radius 3 is 2.30 bits per heavy atom. The molecule has 37 heavy (non-hydrogen) atoms. The number of hydrogen-bond donors (Lipinski definition) is 1. The lowest BCUT2D eigenvalue weighted by atomic mass is 10.1. The predicted molar refractivity (Wildman–Crippen MR) is 143 cm³/mol. The summed E-state index contributed by atoms with van der Waals surface area (Å²) in [7, 11) is 5.68. The van der Waals surface area contributed by atoms with Crippen LogP contribution in [0.4, 0.5) is 11.9 Å². The van der Waals surface area contributed by atoms with E-state index in [-0.39, 0.29) is 0 Å². The van der Waals surface area contributed by atoms with Gasteiger partial charge in [0.2, 0.25) is 11.9 Å². The molecule has 10 nitrogen and oxygen atoms in total. The number of carboxylic acids is 1. The van der Waals surface area contributed by atoms with Gasteiger partial charge in [-0.3, -0.25) is 0 Å². The molecule has 0 aliphatic carbocycles. The molecule has 1 aromatic heterocycles. The van der Waals surface area contributed by atoms with Crippen LogP contribution in [0.5, 0.6) is 11.5 Å². The van der Waals surface area contributed by atoms with Crippen molar-refractivity contribution < 1.29 is 24.1 Å². The summed E-state index contributed by atoms with van der Waals surface area (Å²) in [6, 6.07) is 15.1. The van der Waals surface area contributed by atoms with E-state index < -0.39 is 12.1 Å². The molecule has 0 amide bonds. The van der Waals surface area contributed by atoms with Gasteiger partial charge >= 0.3 is 5.97 Å². The number of benzene rings is 2. The SMILES string of the molecule is CCOc1cccc(-c2nc(N(C)C)nc(N(C)CCOc3ccc(CC(OCC)C(=O)O)cc3)n2)c1. The van der Waals surface area contributed by atoms with Crippen LogP contribution in [0.3, 0.4) is 0 Å². The highest BCUT2D eigenvalue weighted by molar-refractivity contribution is 5.72. The highest BCUT2D eigenvalue weighted by atomic mass is 16.5. The predicted octanol–water partition coefficient (Wildman–Crippen LogP) is 3.55. The average molecular weight is 510 g/mol. The minimum atomic E-state index is -0.967. The van der Waals surface area contributed by atoms with E-state index in [1.165, 1.54) is 0 Å². The molecule has 198 valence electrons. The first-order valence-corrected chi connectivity index (χ1v) is 12.2. The third-order valence-corrected chi connectivity index (χ3v) is 5.44. The number of anilines is 2. The van der Waals surface area contributed by atoms with E-state index in [4.69, 9.17) is 14.2 Å². The van der Waals surface area contributed by atoms with Crippen molar-refractivity contribution in [3.8, 4) is 22.9 Å². The second-order valence-corrected chi connectivity index (χ2v) is 8.51. The maximum Gasteiger partial charge on any atom is 0.333 e. The monoisotopic (exact) mass is 509 g/mol. The minimum Gasteiger partial charge on any atom is -0.494 e. The highest BCUT2D eigenvalue weighted by Crippen LogP contribution is 2.24. The molecule has 3 rings (SSSR count). The van der Waals surface area contributed by atoms with Crippen LogP contribution in [0.2, 0.25) is 0 Å². The molecule has 0 bridgehead atoms. The molecule has 0 saturated carbocycles. The molecule has 0 fully saturated rings. The molecule has 10 heteroatoms. The number of ether oxygens (including phenoxy) is 3. The molecular formula is C27H35N5O5. The first-order chi connectivity index (χ1) is 17.8. The topological polar surface area (TPSA) is 110 Å². The van der Waals surface area contributed by atoms with Crippen molar-refractivity contribution in [2.24, 2.45) is 0 Å². The Balaban J connectivity index is 1.65. The zero-order valence-corrected chi connectivity index (χ0v) is 22.0. The van der Waals surface area contributed by atoms with Gasteiger partial charge in [-0.15, -0.1) is 0 Å². The molecule has 0 aliphatic rings. The quantitative estimate of drug-likeness (QED) is 0.346. The fourth-order valence-corrected chi connectivity index (χ4v) is 3.50. The summed E-state index contributed by atoms with van der Waals surface area (Å²) in [5.74, 6) is 2.13. The molecule has 1 heterocycles. The second kappa shape index (κ2) is 13.4. The van der Waals surface area contributed by atoms with E-state index in [2.05, 4.69) is 15.0 Å². The standard InChI is InChI=1S/C27H35N5O5/c1-6-35-22-10-8-9-20(18-22)24-28-26(31(3)4)30-27(29-24)32(5)15-16-37-21-13-11-19(12-14-21)17-23(25(33)34)36-7-2/h8-14,18,23H,6-7,15-17H2,1-5H3,(H,33,34). The second-order valence-electron chi connectivity index (χ2n) is 8.51. The summed E-state index contributed by atoms with van der Waals surface area (Å²) in [5.41, 5.74) is 1.71. The maximum atomic E-state index is 11.3. The number of hydrogen-bond acceptors (Lipinski definition) is 9. The first kappa shape index (κ1) is 27.7.